The minimum absolute atomic E-state index is 0.166. The van der Waals surface area contributed by atoms with Crippen LogP contribution in [0.5, 0.6) is 0 Å². The second-order valence-corrected chi connectivity index (χ2v) is 7.33. The lowest BCUT2D eigenvalue weighted by atomic mass is 9.94. The Hall–Kier alpha value is -2.73. The molecule has 3 aromatic rings. The van der Waals surface area contributed by atoms with E-state index in [1.54, 1.807) is 6.33 Å². The van der Waals surface area contributed by atoms with Gasteiger partial charge in [-0.05, 0) is 17.5 Å². The minimum Gasteiger partial charge on any atom is -0.396 e. The first-order valence-electron chi connectivity index (χ1n) is 9.41. The Labute approximate surface area is 159 Å². The van der Waals surface area contributed by atoms with Crippen molar-refractivity contribution in [3.8, 4) is 11.1 Å². The highest BCUT2D eigenvalue weighted by molar-refractivity contribution is 5.63. The van der Waals surface area contributed by atoms with Crippen molar-refractivity contribution in [1.29, 1.82) is 0 Å². The first-order chi connectivity index (χ1) is 13.1. The Morgan fingerprint density at radius 2 is 2.11 bits per heavy atom. The normalized spacial score (nSPS) is 18.0. The molecule has 0 amide bonds. The van der Waals surface area contributed by atoms with Gasteiger partial charge in [-0.25, -0.2) is 9.97 Å². The zero-order chi connectivity index (χ0) is 18.8. The van der Waals surface area contributed by atoms with Gasteiger partial charge in [-0.2, -0.15) is 5.10 Å². The summed E-state index contributed by atoms with van der Waals surface area (Å²) in [6.07, 6.45) is 6.58. The zero-order valence-corrected chi connectivity index (χ0v) is 15.8. The van der Waals surface area contributed by atoms with Crippen LogP contribution >= 0.6 is 0 Å². The number of benzene rings is 1. The molecule has 0 spiro atoms. The molecule has 6 heteroatoms. The summed E-state index contributed by atoms with van der Waals surface area (Å²) in [5.74, 6) is 1.46. The highest BCUT2D eigenvalue weighted by atomic mass is 16.3. The van der Waals surface area contributed by atoms with Crippen LogP contribution < -0.4 is 4.90 Å². The molecule has 1 N–H and O–H groups in total. The van der Waals surface area contributed by atoms with E-state index in [2.05, 4.69) is 57.2 Å². The van der Waals surface area contributed by atoms with E-state index < -0.39 is 0 Å². The topological polar surface area (TPSA) is 67.1 Å². The lowest BCUT2D eigenvalue weighted by Crippen LogP contribution is -2.22. The van der Waals surface area contributed by atoms with E-state index in [-0.39, 0.29) is 12.5 Å². The Balaban J connectivity index is 1.58. The summed E-state index contributed by atoms with van der Waals surface area (Å²) in [5.41, 5.74) is 4.50. The molecule has 0 radical (unpaired) electrons. The number of rotatable bonds is 5. The standard InChI is InChI=1S/C21H25N5O/c1-15(17-4-3-5-18(8-17)19-10-24-25(2)12-19)20-9-21(23-14-22-20)26-7-6-16(11-26)13-27/h3-5,8-10,12,14-16,27H,6-7,11,13H2,1-2H3/t15?,16-/m1/s1. The molecule has 3 heterocycles. The number of aromatic nitrogens is 4. The number of hydrogen-bond donors (Lipinski definition) is 1. The Kier molecular flexibility index (Phi) is 4.90. The smallest absolute Gasteiger partial charge is 0.132 e. The highest BCUT2D eigenvalue weighted by Gasteiger charge is 2.23. The van der Waals surface area contributed by atoms with E-state index >= 15 is 0 Å². The van der Waals surface area contributed by atoms with Crippen molar-refractivity contribution in [2.75, 3.05) is 24.6 Å². The molecule has 0 aliphatic carbocycles. The average Bonchev–Trinajstić information content (AvgIpc) is 3.37. The fraction of sp³-hybridized carbons (Fsp3) is 0.381. The van der Waals surface area contributed by atoms with Crippen molar-refractivity contribution in [3.05, 3.63) is 60.3 Å². The predicted octanol–water partition coefficient (Wildman–Crippen LogP) is 2.85. The van der Waals surface area contributed by atoms with Gasteiger partial charge in [-0.15, -0.1) is 0 Å². The van der Waals surface area contributed by atoms with Crippen molar-refractivity contribution in [2.45, 2.75) is 19.3 Å². The van der Waals surface area contributed by atoms with Crippen LogP contribution in [0.3, 0.4) is 0 Å². The number of anilines is 1. The molecule has 0 bridgehead atoms. The summed E-state index contributed by atoms with van der Waals surface area (Å²) in [4.78, 5) is 11.2. The van der Waals surface area contributed by atoms with Gasteiger partial charge in [0.2, 0.25) is 0 Å². The number of aliphatic hydroxyl groups excluding tert-OH is 1. The van der Waals surface area contributed by atoms with Gasteiger partial charge in [0.1, 0.15) is 12.1 Å². The predicted molar refractivity (Wildman–Crippen MR) is 106 cm³/mol. The van der Waals surface area contributed by atoms with E-state index in [0.29, 0.717) is 5.92 Å². The summed E-state index contributed by atoms with van der Waals surface area (Å²) in [7, 11) is 1.93. The third-order valence-corrected chi connectivity index (χ3v) is 5.41. The van der Waals surface area contributed by atoms with Crippen molar-refractivity contribution >= 4 is 5.82 Å². The van der Waals surface area contributed by atoms with Gasteiger partial charge in [0.05, 0.1) is 11.9 Å². The van der Waals surface area contributed by atoms with Crippen LogP contribution in [-0.2, 0) is 7.05 Å². The highest BCUT2D eigenvalue weighted by Crippen LogP contribution is 2.29. The van der Waals surface area contributed by atoms with E-state index in [4.69, 9.17) is 0 Å². The van der Waals surface area contributed by atoms with Gasteiger partial charge in [-0.3, -0.25) is 4.68 Å². The van der Waals surface area contributed by atoms with Crippen LogP contribution in [0, 0.1) is 5.92 Å². The molecule has 1 saturated heterocycles. The van der Waals surface area contributed by atoms with Crippen molar-refractivity contribution < 1.29 is 5.11 Å². The van der Waals surface area contributed by atoms with E-state index in [0.717, 1.165) is 42.1 Å². The fourth-order valence-electron chi connectivity index (χ4n) is 3.69. The first-order valence-corrected chi connectivity index (χ1v) is 9.41. The average molecular weight is 363 g/mol. The third-order valence-electron chi connectivity index (χ3n) is 5.41. The quantitative estimate of drug-likeness (QED) is 0.755. The monoisotopic (exact) mass is 363 g/mol. The molecule has 27 heavy (non-hydrogen) atoms. The summed E-state index contributed by atoms with van der Waals surface area (Å²) >= 11 is 0. The lowest BCUT2D eigenvalue weighted by molar-refractivity contribution is 0.238. The van der Waals surface area contributed by atoms with Crippen molar-refractivity contribution in [1.82, 2.24) is 19.7 Å². The summed E-state index contributed by atoms with van der Waals surface area (Å²) in [6, 6.07) is 10.6. The Bertz CT molecular complexity index is 922. The number of hydrogen-bond acceptors (Lipinski definition) is 5. The molecule has 2 atom stereocenters. The van der Waals surface area contributed by atoms with Gasteiger partial charge >= 0.3 is 0 Å². The van der Waals surface area contributed by atoms with Crippen LogP contribution in [0.2, 0.25) is 0 Å². The van der Waals surface area contributed by atoms with Crippen LogP contribution in [0.4, 0.5) is 5.82 Å². The molecule has 140 valence electrons. The molecule has 6 nitrogen and oxygen atoms in total. The van der Waals surface area contributed by atoms with E-state index in [9.17, 15) is 5.11 Å². The maximum Gasteiger partial charge on any atom is 0.132 e. The molecular weight excluding hydrogens is 338 g/mol. The summed E-state index contributed by atoms with van der Waals surface area (Å²) in [5, 5.41) is 13.6. The van der Waals surface area contributed by atoms with Crippen LogP contribution in [0.15, 0.2) is 49.1 Å². The molecule has 1 unspecified atom stereocenters. The van der Waals surface area contributed by atoms with Crippen molar-refractivity contribution in [2.24, 2.45) is 13.0 Å². The summed E-state index contributed by atoms with van der Waals surface area (Å²) in [6.45, 7) is 4.21. The fourth-order valence-corrected chi connectivity index (χ4v) is 3.69. The van der Waals surface area contributed by atoms with Crippen LogP contribution in [0.1, 0.15) is 30.5 Å². The molecule has 1 fully saturated rings. The van der Waals surface area contributed by atoms with Gasteiger partial charge < -0.3 is 10.0 Å². The summed E-state index contributed by atoms with van der Waals surface area (Å²) < 4.78 is 1.82. The molecule has 4 rings (SSSR count). The number of aliphatic hydroxyl groups is 1. The van der Waals surface area contributed by atoms with Crippen LogP contribution in [0.25, 0.3) is 11.1 Å². The first kappa shape index (κ1) is 17.7. The number of aryl methyl sites for hydroxylation is 1. The molecule has 2 aromatic heterocycles. The lowest BCUT2D eigenvalue weighted by Gasteiger charge is -2.19. The largest absolute Gasteiger partial charge is 0.396 e. The molecular formula is C21H25N5O. The Morgan fingerprint density at radius 1 is 1.22 bits per heavy atom. The maximum absolute atomic E-state index is 9.38. The number of nitrogens with zero attached hydrogens (tertiary/aromatic N) is 5. The van der Waals surface area contributed by atoms with E-state index in [1.165, 1.54) is 5.56 Å². The maximum atomic E-state index is 9.38. The second-order valence-electron chi connectivity index (χ2n) is 7.33. The van der Waals surface area contributed by atoms with Crippen molar-refractivity contribution in [3.63, 3.8) is 0 Å². The van der Waals surface area contributed by atoms with Gasteiger partial charge in [0, 0.05) is 56.4 Å². The molecule has 1 aliphatic heterocycles. The minimum atomic E-state index is 0.166. The molecule has 1 aromatic carbocycles. The zero-order valence-electron chi connectivity index (χ0n) is 15.8. The second kappa shape index (κ2) is 7.48. The van der Waals surface area contributed by atoms with Gasteiger partial charge in [0.25, 0.3) is 0 Å². The molecule has 0 saturated carbocycles. The Morgan fingerprint density at radius 3 is 2.85 bits per heavy atom. The third kappa shape index (κ3) is 3.71. The van der Waals surface area contributed by atoms with Gasteiger partial charge in [0.15, 0.2) is 0 Å². The molecule has 1 aliphatic rings. The van der Waals surface area contributed by atoms with E-state index in [1.807, 2.05) is 24.1 Å². The van der Waals surface area contributed by atoms with Gasteiger partial charge in [-0.1, -0.05) is 31.2 Å². The van der Waals surface area contributed by atoms with Crippen LogP contribution in [-0.4, -0.2) is 44.6 Å². The SMILES string of the molecule is CC(c1cccc(-c2cnn(C)c2)c1)c1cc(N2CC[C@@H](CO)C2)ncn1.